The highest BCUT2D eigenvalue weighted by atomic mass is 19.1. The molecule has 0 radical (unpaired) electrons. The fourth-order valence-corrected chi connectivity index (χ4v) is 3.17. The molecule has 1 fully saturated rings. The Kier molecular flexibility index (Phi) is 5.80. The molecule has 1 atom stereocenters. The molecule has 112 valence electrons. The molecule has 3 N–H and O–H groups in total. The van der Waals surface area contributed by atoms with E-state index in [0.29, 0.717) is 11.5 Å². The van der Waals surface area contributed by atoms with Crippen LogP contribution in [0, 0.1) is 11.7 Å². The van der Waals surface area contributed by atoms with Gasteiger partial charge in [-0.05, 0) is 18.4 Å². The molecule has 0 heterocycles. The van der Waals surface area contributed by atoms with Crippen molar-refractivity contribution in [2.75, 3.05) is 7.11 Å². The smallest absolute Gasteiger partial charge is 0.169 e. The maximum atomic E-state index is 14.3. The molecule has 0 bridgehead atoms. The van der Waals surface area contributed by atoms with Crippen LogP contribution in [-0.4, -0.2) is 7.11 Å². The van der Waals surface area contributed by atoms with Gasteiger partial charge in [0, 0.05) is 11.6 Å². The van der Waals surface area contributed by atoms with Crippen molar-refractivity contribution in [3.8, 4) is 5.75 Å². The Bertz CT molecular complexity index is 417. The molecule has 0 aromatic heterocycles. The van der Waals surface area contributed by atoms with Crippen molar-refractivity contribution in [1.29, 1.82) is 0 Å². The molecule has 1 aromatic carbocycles. The van der Waals surface area contributed by atoms with Gasteiger partial charge in [0.05, 0.1) is 7.11 Å². The second kappa shape index (κ2) is 7.60. The normalized spacial score (nSPS) is 18.6. The van der Waals surface area contributed by atoms with Crippen LogP contribution >= 0.6 is 0 Å². The zero-order chi connectivity index (χ0) is 14.4. The monoisotopic (exact) mass is 280 g/mol. The lowest BCUT2D eigenvalue weighted by molar-refractivity contribution is 0.343. The summed E-state index contributed by atoms with van der Waals surface area (Å²) in [4.78, 5) is 0. The van der Waals surface area contributed by atoms with Gasteiger partial charge in [0.1, 0.15) is 0 Å². The van der Waals surface area contributed by atoms with E-state index in [0.717, 1.165) is 6.42 Å². The third kappa shape index (κ3) is 3.70. The fraction of sp³-hybridized carbons (Fsp3) is 0.625. The van der Waals surface area contributed by atoms with Gasteiger partial charge in [0.15, 0.2) is 11.6 Å². The first-order valence-corrected chi connectivity index (χ1v) is 7.54. The van der Waals surface area contributed by atoms with Gasteiger partial charge in [-0.3, -0.25) is 11.3 Å². The molecule has 4 heteroatoms. The molecule has 1 aliphatic rings. The number of ether oxygens (including phenoxy) is 1. The van der Waals surface area contributed by atoms with E-state index in [9.17, 15) is 4.39 Å². The first kappa shape index (κ1) is 15.3. The number of nitrogens with two attached hydrogens (primary N) is 1. The summed E-state index contributed by atoms with van der Waals surface area (Å²) in [6.07, 6.45) is 8.55. The standard InChI is InChI=1S/C16H25FN2O/c1-20-15-10-6-9-13(16(15)17)14(19-18)11-12-7-4-2-3-5-8-12/h6,9-10,12,14,19H,2-5,7-8,11,18H2,1H3. The third-order valence-electron chi connectivity index (χ3n) is 4.33. The summed E-state index contributed by atoms with van der Waals surface area (Å²) in [5.74, 6) is 6.27. The van der Waals surface area contributed by atoms with Gasteiger partial charge < -0.3 is 4.74 Å². The van der Waals surface area contributed by atoms with Gasteiger partial charge in [-0.15, -0.1) is 0 Å². The van der Waals surface area contributed by atoms with E-state index in [2.05, 4.69) is 5.43 Å². The number of nitrogens with one attached hydrogen (secondary N) is 1. The maximum Gasteiger partial charge on any atom is 0.169 e. The van der Waals surface area contributed by atoms with E-state index in [4.69, 9.17) is 10.6 Å². The van der Waals surface area contributed by atoms with E-state index >= 15 is 0 Å². The molecule has 1 saturated carbocycles. The summed E-state index contributed by atoms with van der Waals surface area (Å²) < 4.78 is 19.4. The van der Waals surface area contributed by atoms with Crippen LogP contribution in [0.2, 0.25) is 0 Å². The molecule has 0 saturated heterocycles. The van der Waals surface area contributed by atoms with Crippen molar-refractivity contribution >= 4 is 0 Å². The van der Waals surface area contributed by atoms with Gasteiger partial charge >= 0.3 is 0 Å². The van der Waals surface area contributed by atoms with Crippen LogP contribution in [0.15, 0.2) is 18.2 Å². The molecular weight excluding hydrogens is 255 g/mol. The van der Waals surface area contributed by atoms with Gasteiger partial charge in [-0.1, -0.05) is 50.7 Å². The first-order valence-electron chi connectivity index (χ1n) is 7.54. The average molecular weight is 280 g/mol. The van der Waals surface area contributed by atoms with Crippen molar-refractivity contribution in [3.05, 3.63) is 29.6 Å². The first-order chi connectivity index (χ1) is 9.76. The summed E-state index contributed by atoms with van der Waals surface area (Å²) >= 11 is 0. The van der Waals surface area contributed by atoms with Gasteiger partial charge in [0.25, 0.3) is 0 Å². The highest BCUT2D eigenvalue weighted by Crippen LogP contribution is 2.33. The lowest BCUT2D eigenvalue weighted by atomic mass is 9.89. The van der Waals surface area contributed by atoms with E-state index in [1.807, 2.05) is 6.07 Å². The Morgan fingerprint density at radius 2 is 2.00 bits per heavy atom. The molecule has 1 unspecified atom stereocenters. The summed E-state index contributed by atoms with van der Waals surface area (Å²) in [6.45, 7) is 0. The van der Waals surface area contributed by atoms with Crippen LogP contribution in [-0.2, 0) is 0 Å². The number of rotatable bonds is 5. The SMILES string of the molecule is COc1cccc(C(CC2CCCCCC2)NN)c1F. The second-order valence-corrected chi connectivity index (χ2v) is 5.68. The van der Waals surface area contributed by atoms with Crippen molar-refractivity contribution < 1.29 is 9.13 Å². The number of hydrazine groups is 1. The Hall–Kier alpha value is -1.13. The Morgan fingerprint density at radius 1 is 1.30 bits per heavy atom. The largest absolute Gasteiger partial charge is 0.494 e. The van der Waals surface area contributed by atoms with Crippen molar-refractivity contribution in [1.82, 2.24) is 5.43 Å². The molecule has 0 spiro atoms. The van der Waals surface area contributed by atoms with Gasteiger partial charge in [0.2, 0.25) is 0 Å². The van der Waals surface area contributed by atoms with Crippen LogP contribution in [0.5, 0.6) is 5.75 Å². The summed E-state index contributed by atoms with van der Waals surface area (Å²) in [7, 11) is 1.48. The molecule has 0 amide bonds. The highest BCUT2D eigenvalue weighted by molar-refractivity contribution is 5.33. The number of hydrogen-bond donors (Lipinski definition) is 2. The fourth-order valence-electron chi connectivity index (χ4n) is 3.17. The van der Waals surface area contributed by atoms with Crippen LogP contribution < -0.4 is 16.0 Å². The maximum absolute atomic E-state index is 14.3. The zero-order valence-electron chi connectivity index (χ0n) is 12.2. The number of methoxy groups -OCH3 is 1. The van der Waals surface area contributed by atoms with E-state index in [1.165, 1.54) is 45.6 Å². The number of benzene rings is 1. The Labute approximate surface area is 120 Å². The Morgan fingerprint density at radius 3 is 2.60 bits per heavy atom. The molecule has 1 aliphatic carbocycles. The molecule has 2 rings (SSSR count). The third-order valence-corrected chi connectivity index (χ3v) is 4.33. The van der Waals surface area contributed by atoms with Crippen LogP contribution in [0.4, 0.5) is 4.39 Å². The number of hydrogen-bond acceptors (Lipinski definition) is 3. The minimum Gasteiger partial charge on any atom is -0.494 e. The lowest BCUT2D eigenvalue weighted by Gasteiger charge is -2.23. The van der Waals surface area contributed by atoms with Gasteiger partial charge in [-0.25, -0.2) is 4.39 Å². The molecule has 0 aliphatic heterocycles. The van der Waals surface area contributed by atoms with Crippen molar-refractivity contribution in [2.24, 2.45) is 11.8 Å². The quantitative estimate of drug-likeness (QED) is 0.491. The van der Waals surface area contributed by atoms with Crippen LogP contribution in [0.1, 0.15) is 56.6 Å². The molecular formula is C16H25FN2O. The molecule has 20 heavy (non-hydrogen) atoms. The zero-order valence-corrected chi connectivity index (χ0v) is 12.2. The van der Waals surface area contributed by atoms with Gasteiger partial charge in [-0.2, -0.15) is 0 Å². The van der Waals surface area contributed by atoms with E-state index < -0.39 is 0 Å². The van der Waals surface area contributed by atoms with Crippen molar-refractivity contribution in [2.45, 2.75) is 51.0 Å². The van der Waals surface area contributed by atoms with E-state index in [1.54, 1.807) is 12.1 Å². The average Bonchev–Trinajstić information content (AvgIpc) is 2.74. The summed E-state index contributed by atoms with van der Waals surface area (Å²) in [6, 6.07) is 5.10. The minimum absolute atomic E-state index is 0.145. The predicted molar refractivity (Wildman–Crippen MR) is 78.8 cm³/mol. The second-order valence-electron chi connectivity index (χ2n) is 5.68. The molecule has 1 aromatic rings. The van der Waals surface area contributed by atoms with E-state index in [-0.39, 0.29) is 17.6 Å². The summed E-state index contributed by atoms with van der Waals surface area (Å²) in [5, 5.41) is 0. The highest BCUT2D eigenvalue weighted by Gasteiger charge is 2.22. The lowest BCUT2D eigenvalue weighted by Crippen LogP contribution is -2.30. The van der Waals surface area contributed by atoms with Crippen LogP contribution in [0.3, 0.4) is 0 Å². The Balaban J connectivity index is 2.11. The summed E-state index contributed by atoms with van der Waals surface area (Å²) in [5.41, 5.74) is 3.39. The topological polar surface area (TPSA) is 47.3 Å². The van der Waals surface area contributed by atoms with Crippen molar-refractivity contribution in [3.63, 3.8) is 0 Å². The number of halogens is 1. The predicted octanol–water partition coefficient (Wildman–Crippen LogP) is 3.70. The molecule has 3 nitrogen and oxygen atoms in total. The van der Waals surface area contributed by atoms with Crippen LogP contribution in [0.25, 0.3) is 0 Å². The minimum atomic E-state index is -0.299.